The summed E-state index contributed by atoms with van der Waals surface area (Å²) in [5, 5.41) is 4.73. The first-order valence-electron chi connectivity index (χ1n) is 11.1. The summed E-state index contributed by atoms with van der Waals surface area (Å²) >= 11 is 11.9. The number of thiocarbonyl (C=S) groups is 1. The van der Waals surface area contributed by atoms with Crippen molar-refractivity contribution in [2.75, 3.05) is 4.90 Å². The summed E-state index contributed by atoms with van der Waals surface area (Å²) < 4.78 is 7.90. The Balaban J connectivity index is 1.60. The number of halogens is 1. The maximum atomic E-state index is 6.08. The van der Waals surface area contributed by atoms with Crippen LogP contribution in [0.1, 0.15) is 37.3 Å². The van der Waals surface area contributed by atoms with Gasteiger partial charge in [0.2, 0.25) is 0 Å². The Morgan fingerprint density at radius 1 is 1.00 bits per heavy atom. The van der Waals surface area contributed by atoms with Crippen molar-refractivity contribution in [1.82, 2.24) is 19.9 Å². The fourth-order valence-corrected chi connectivity index (χ4v) is 4.70. The van der Waals surface area contributed by atoms with Crippen molar-refractivity contribution in [2.24, 2.45) is 0 Å². The molecule has 1 aliphatic heterocycles. The zero-order valence-corrected chi connectivity index (χ0v) is 20.4. The molecular formula is C26H24ClN5OS. The summed E-state index contributed by atoms with van der Waals surface area (Å²) in [6, 6.07) is 21.5. The third kappa shape index (κ3) is 4.36. The van der Waals surface area contributed by atoms with Gasteiger partial charge in [-0.25, -0.2) is 4.98 Å². The van der Waals surface area contributed by atoms with Gasteiger partial charge < -0.3 is 19.5 Å². The van der Waals surface area contributed by atoms with Gasteiger partial charge in [0.1, 0.15) is 17.6 Å². The average Bonchev–Trinajstić information content (AvgIpc) is 3.45. The number of hydrogen-bond donors (Lipinski definition) is 1. The Kier molecular flexibility index (Phi) is 6.22. The van der Waals surface area contributed by atoms with E-state index in [0.29, 0.717) is 10.1 Å². The Morgan fingerprint density at radius 3 is 2.50 bits per heavy atom. The zero-order chi connectivity index (χ0) is 23.7. The molecule has 1 aliphatic rings. The van der Waals surface area contributed by atoms with Crippen LogP contribution < -0.4 is 15.0 Å². The Morgan fingerprint density at radius 2 is 1.82 bits per heavy atom. The second kappa shape index (κ2) is 9.44. The molecule has 0 amide bonds. The minimum absolute atomic E-state index is 0.108. The highest BCUT2D eigenvalue weighted by molar-refractivity contribution is 7.80. The number of nitrogens with one attached hydrogen (secondary N) is 1. The molecule has 0 unspecified atom stereocenters. The molecule has 0 saturated carbocycles. The lowest BCUT2D eigenvalue weighted by atomic mass is 10.0. The van der Waals surface area contributed by atoms with Crippen molar-refractivity contribution in [3.63, 3.8) is 0 Å². The van der Waals surface area contributed by atoms with Crippen molar-refractivity contribution < 1.29 is 4.74 Å². The number of nitrogens with zero attached hydrogens (tertiary/aromatic N) is 4. The molecule has 172 valence electrons. The molecule has 5 rings (SSSR count). The molecule has 1 N–H and O–H groups in total. The molecule has 4 heterocycles. The monoisotopic (exact) mass is 489 g/mol. The maximum absolute atomic E-state index is 6.08. The van der Waals surface area contributed by atoms with Crippen molar-refractivity contribution in [3.05, 3.63) is 102 Å². The second-order valence-corrected chi connectivity index (χ2v) is 9.12. The Bertz CT molecular complexity index is 1270. The normalized spacial score (nSPS) is 17.8. The quantitative estimate of drug-likeness (QED) is 0.341. The van der Waals surface area contributed by atoms with Gasteiger partial charge in [-0.05, 0) is 86.7 Å². The molecule has 0 spiro atoms. The van der Waals surface area contributed by atoms with Crippen LogP contribution in [0.15, 0.2) is 85.3 Å². The molecule has 2 atom stereocenters. The molecular weight excluding hydrogens is 466 g/mol. The summed E-state index contributed by atoms with van der Waals surface area (Å²) in [5.74, 6) is 1.60. The number of rotatable bonds is 6. The van der Waals surface area contributed by atoms with Crippen LogP contribution in [0.2, 0.25) is 5.02 Å². The van der Waals surface area contributed by atoms with Gasteiger partial charge in [0.25, 0.3) is 0 Å². The highest BCUT2D eigenvalue weighted by atomic mass is 35.5. The van der Waals surface area contributed by atoms with Crippen LogP contribution in [-0.4, -0.2) is 25.8 Å². The average molecular weight is 490 g/mol. The number of hydrogen-bond acceptors (Lipinski definition) is 4. The number of pyridine rings is 2. The maximum Gasteiger partial charge on any atom is 0.174 e. The minimum atomic E-state index is -0.160. The number of ether oxygens (including phenoxy) is 1. The van der Waals surface area contributed by atoms with E-state index in [1.54, 1.807) is 12.4 Å². The molecule has 3 aromatic heterocycles. The first-order chi connectivity index (χ1) is 16.5. The molecule has 8 heteroatoms. The van der Waals surface area contributed by atoms with E-state index in [2.05, 4.69) is 30.8 Å². The van der Waals surface area contributed by atoms with Crippen LogP contribution in [0.25, 0.3) is 5.82 Å². The van der Waals surface area contributed by atoms with Crippen molar-refractivity contribution >= 4 is 34.6 Å². The third-order valence-electron chi connectivity index (χ3n) is 5.63. The molecule has 1 saturated heterocycles. The van der Waals surface area contributed by atoms with Gasteiger partial charge in [-0.15, -0.1) is 0 Å². The smallest absolute Gasteiger partial charge is 0.174 e. The fourth-order valence-electron chi connectivity index (χ4n) is 4.25. The first-order valence-corrected chi connectivity index (χ1v) is 11.9. The van der Waals surface area contributed by atoms with Gasteiger partial charge in [-0.1, -0.05) is 17.7 Å². The predicted octanol–water partition coefficient (Wildman–Crippen LogP) is 5.89. The van der Waals surface area contributed by atoms with Gasteiger partial charge in [-0.3, -0.25) is 4.98 Å². The predicted molar refractivity (Wildman–Crippen MR) is 139 cm³/mol. The SMILES string of the molecule is CC(C)Oc1ccc(N2C(=S)N[C@H](c3ccccn3)[C@@H]2c2cccn2-c2ccc(Cl)cn2)cc1. The Labute approximate surface area is 209 Å². The van der Waals surface area contributed by atoms with Crippen LogP contribution >= 0.6 is 23.8 Å². The Hall–Kier alpha value is -3.42. The summed E-state index contributed by atoms with van der Waals surface area (Å²) in [6.45, 7) is 4.03. The number of anilines is 1. The number of benzene rings is 1. The molecule has 6 nitrogen and oxygen atoms in total. The van der Waals surface area contributed by atoms with E-state index < -0.39 is 0 Å². The highest BCUT2D eigenvalue weighted by Gasteiger charge is 2.42. The van der Waals surface area contributed by atoms with E-state index in [1.165, 1.54) is 0 Å². The largest absolute Gasteiger partial charge is 0.491 e. The van der Waals surface area contributed by atoms with Crippen LogP contribution in [-0.2, 0) is 0 Å². The lowest BCUT2D eigenvalue weighted by Crippen LogP contribution is -2.30. The zero-order valence-electron chi connectivity index (χ0n) is 18.8. The topological polar surface area (TPSA) is 55.2 Å². The van der Waals surface area contributed by atoms with Crippen LogP contribution in [0, 0.1) is 0 Å². The van der Waals surface area contributed by atoms with Crippen molar-refractivity contribution in [2.45, 2.75) is 32.0 Å². The molecule has 34 heavy (non-hydrogen) atoms. The van der Waals surface area contributed by atoms with E-state index in [4.69, 9.17) is 28.6 Å². The molecule has 1 aromatic carbocycles. The molecule has 0 aliphatic carbocycles. The highest BCUT2D eigenvalue weighted by Crippen LogP contribution is 2.42. The van der Waals surface area contributed by atoms with Crippen LogP contribution in [0.4, 0.5) is 5.69 Å². The van der Waals surface area contributed by atoms with Gasteiger partial charge in [-0.2, -0.15) is 0 Å². The minimum Gasteiger partial charge on any atom is -0.491 e. The fraction of sp³-hybridized carbons (Fsp3) is 0.192. The second-order valence-electron chi connectivity index (χ2n) is 8.29. The van der Waals surface area contributed by atoms with Crippen LogP contribution in [0.3, 0.4) is 0 Å². The molecule has 0 radical (unpaired) electrons. The summed E-state index contributed by atoms with van der Waals surface area (Å²) in [5.41, 5.74) is 2.91. The molecule has 1 fully saturated rings. The molecule has 0 bridgehead atoms. The van der Waals surface area contributed by atoms with Gasteiger partial charge in [0.05, 0.1) is 22.9 Å². The van der Waals surface area contributed by atoms with E-state index in [-0.39, 0.29) is 18.2 Å². The van der Waals surface area contributed by atoms with E-state index in [1.807, 2.05) is 80.7 Å². The lowest BCUT2D eigenvalue weighted by Gasteiger charge is -2.29. The summed E-state index contributed by atoms with van der Waals surface area (Å²) in [6.07, 6.45) is 5.56. The third-order valence-corrected chi connectivity index (χ3v) is 6.16. The van der Waals surface area contributed by atoms with Crippen LogP contribution in [0.5, 0.6) is 5.75 Å². The molecule has 4 aromatic rings. The number of aromatic nitrogens is 3. The van der Waals surface area contributed by atoms with Gasteiger partial charge >= 0.3 is 0 Å². The standard InChI is InChI=1S/C26H24ClN5OS/c1-17(2)33-20-11-9-19(10-12-20)32-25(24(30-26(32)34)21-6-3-4-14-28-21)22-7-5-15-31(22)23-13-8-18(27)16-29-23/h3-17,24-25H,1-2H3,(H,30,34)/t24-,25+/m1/s1. The van der Waals surface area contributed by atoms with E-state index >= 15 is 0 Å². The van der Waals surface area contributed by atoms with E-state index in [9.17, 15) is 0 Å². The van der Waals surface area contributed by atoms with Crippen molar-refractivity contribution in [1.29, 1.82) is 0 Å². The van der Waals surface area contributed by atoms with Crippen molar-refractivity contribution in [3.8, 4) is 11.6 Å². The first kappa shape index (κ1) is 22.4. The van der Waals surface area contributed by atoms with Gasteiger partial charge in [0.15, 0.2) is 5.11 Å². The summed E-state index contributed by atoms with van der Waals surface area (Å²) in [7, 11) is 0. The van der Waals surface area contributed by atoms with Gasteiger partial charge in [0, 0.05) is 30.0 Å². The van der Waals surface area contributed by atoms with E-state index in [0.717, 1.165) is 28.6 Å². The lowest BCUT2D eigenvalue weighted by molar-refractivity contribution is 0.242. The summed E-state index contributed by atoms with van der Waals surface area (Å²) in [4.78, 5) is 11.3.